The van der Waals surface area contributed by atoms with Crippen LogP contribution in [0, 0.1) is 0 Å². The number of β-amino-alcohol motifs (C(OH)–C–C–N with tert-alkyl or cyclic N) is 1. The zero-order valence-electron chi connectivity index (χ0n) is 10.3. The monoisotopic (exact) mass is 383 g/mol. The lowest BCUT2D eigenvalue weighted by molar-refractivity contribution is -0.0426. The van der Waals surface area contributed by atoms with Crippen LogP contribution in [0.2, 0.25) is 5.02 Å². The molecule has 0 atom stereocenters. The average molecular weight is 385 g/mol. The lowest BCUT2D eigenvalue weighted by Gasteiger charge is -2.42. The van der Waals surface area contributed by atoms with Gasteiger partial charge in [0.05, 0.1) is 21.1 Å². The molecule has 0 unspecified atom stereocenters. The van der Waals surface area contributed by atoms with Crippen molar-refractivity contribution in [2.75, 3.05) is 13.1 Å². The van der Waals surface area contributed by atoms with Crippen molar-refractivity contribution in [3.8, 4) is 0 Å². The van der Waals surface area contributed by atoms with E-state index in [0.29, 0.717) is 0 Å². The third-order valence-corrected chi connectivity index (χ3v) is 5.93. The van der Waals surface area contributed by atoms with E-state index in [4.69, 9.17) is 16.7 Å². The van der Waals surface area contributed by atoms with Gasteiger partial charge in [-0.1, -0.05) is 11.6 Å². The first-order valence-corrected chi connectivity index (χ1v) is 8.10. The van der Waals surface area contributed by atoms with E-state index >= 15 is 0 Å². The number of rotatable bonds is 3. The van der Waals surface area contributed by atoms with Crippen molar-refractivity contribution in [3.05, 3.63) is 27.2 Å². The molecule has 2 rings (SSSR count). The van der Waals surface area contributed by atoms with Crippen LogP contribution in [0.25, 0.3) is 0 Å². The van der Waals surface area contributed by atoms with E-state index in [0.717, 1.165) is 10.4 Å². The minimum absolute atomic E-state index is 0.0298. The normalized spacial score (nSPS) is 18.6. The van der Waals surface area contributed by atoms with E-state index < -0.39 is 21.6 Å². The fourth-order valence-electron chi connectivity index (χ4n) is 1.90. The minimum atomic E-state index is -3.85. The minimum Gasteiger partial charge on any atom is -0.478 e. The van der Waals surface area contributed by atoms with Crippen molar-refractivity contribution in [1.29, 1.82) is 0 Å². The number of carboxylic acid groups (broad SMARTS) is 1. The Balaban J connectivity index is 2.46. The van der Waals surface area contributed by atoms with Crippen LogP contribution in [-0.4, -0.2) is 47.6 Å². The second-order valence-corrected chi connectivity index (χ2v) is 8.01. The smallest absolute Gasteiger partial charge is 0.337 e. The van der Waals surface area contributed by atoms with Crippen molar-refractivity contribution >= 4 is 43.5 Å². The van der Waals surface area contributed by atoms with Gasteiger partial charge in [-0.3, -0.25) is 0 Å². The molecule has 1 aromatic rings. The number of benzene rings is 1. The Morgan fingerprint density at radius 1 is 1.45 bits per heavy atom. The number of nitrogens with zero attached hydrogens (tertiary/aromatic N) is 1. The zero-order valence-corrected chi connectivity index (χ0v) is 13.5. The molecule has 110 valence electrons. The molecule has 6 nitrogen and oxygen atoms in total. The standard InChI is InChI=1S/C11H11BrClNO5S/c1-11(17)4-14(5-11)20(18,19)6-2-7(10(15)16)9(13)8(12)3-6/h2-3,17H,4-5H2,1H3,(H,15,16). The largest absolute Gasteiger partial charge is 0.478 e. The van der Waals surface area contributed by atoms with Crippen LogP contribution in [0.1, 0.15) is 17.3 Å². The molecule has 0 aliphatic carbocycles. The number of aliphatic hydroxyl groups is 1. The number of halogens is 2. The van der Waals surface area contributed by atoms with Crippen LogP contribution in [0.4, 0.5) is 0 Å². The number of carbonyl (C=O) groups is 1. The fraction of sp³-hybridized carbons (Fsp3) is 0.364. The topological polar surface area (TPSA) is 94.9 Å². The van der Waals surface area contributed by atoms with Gasteiger partial charge in [0, 0.05) is 17.6 Å². The summed E-state index contributed by atoms with van der Waals surface area (Å²) in [5, 5.41) is 18.6. The summed E-state index contributed by atoms with van der Waals surface area (Å²) in [6, 6.07) is 2.26. The summed E-state index contributed by atoms with van der Waals surface area (Å²) in [6.07, 6.45) is 0. The molecular formula is C11H11BrClNO5S. The molecule has 1 aliphatic rings. The van der Waals surface area contributed by atoms with Crippen molar-refractivity contribution in [1.82, 2.24) is 4.31 Å². The summed E-state index contributed by atoms with van der Waals surface area (Å²) < 4.78 is 25.9. The Bertz CT molecular complexity index is 680. The van der Waals surface area contributed by atoms with E-state index in [1.807, 2.05) is 0 Å². The van der Waals surface area contributed by atoms with E-state index in [9.17, 15) is 18.3 Å². The maximum atomic E-state index is 12.3. The lowest BCUT2D eigenvalue weighted by atomic mass is 10.0. The Kier molecular flexibility index (Phi) is 3.89. The molecule has 1 heterocycles. The first-order valence-electron chi connectivity index (χ1n) is 5.49. The summed E-state index contributed by atoms with van der Waals surface area (Å²) in [5.74, 6) is -1.32. The van der Waals surface area contributed by atoms with Gasteiger partial charge in [0.2, 0.25) is 10.0 Å². The SMILES string of the molecule is CC1(O)CN(S(=O)(=O)c2cc(Br)c(Cl)c(C(=O)O)c2)C1. The first kappa shape index (κ1) is 15.7. The predicted octanol–water partition coefficient (Wildman–Crippen LogP) is 1.56. The number of hydrogen-bond donors (Lipinski definition) is 2. The van der Waals surface area contributed by atoms with Gasteiger partial charge in [0.25, 0.3) is 0 Å². The van der Waals surface area contributed by atoms with Crippen LogP contribution < -0.4 is 0 Å². The van der Waals surface area contributed by atoms with Crippen LogP contribution in [0.3, 0.4) is 0 Å². The number of carboxylic acids is 1. The highest BCUT2D eigenvalue weighted by molar-refractivity contribution is 9.10. The molecule has 2 N–H and O–H groups in total. The van der Waals surface area contributed by atoms with Crippen LogP contribution in [0.15, 0.2) is 21.5 Å². The molecule has 9 heteroatoms. The van der Waals surface area contributed by atoms with E-state index in [2.05, 4.69) is 15.9 Å². The van der Waals surface area contributed by atoms with Crippen LogP contribution in [0.5, 0.6) is 0 Å². The van der Waals surface area contributed by atoms with Gasteiger partial charge >= 0.3 is 5.97 Å². The van der Waals surface area contributed by atoms with Gasteiger partial charge < -0.3 is 10.2 Å². The number of hydrogen-bond acceptors (Lipinski definition) is 4. The number of sulfonamides is 1. The Hall–Kier alpha value is -0.670. The maximum Gasteiger partial charge on any atom is 0.337 e. The molecule has 0 bridgehead atoms. The second-order valence-electron chi connectivity index (χ2n) is 4.84. The van der Waals surface area contributed by atoms with Gasteiger partial charge in [-0.05, 0) is 35.0 Å². The van der Waals surface area contributed by atoms with Crippen molar-refractivity contribution in [2.45, 2.75) is 17.4 Å². The molecule has 1 saturated heterocycles. The van der Waals surface area contributed by atoms with Crippen molar-refractivity contribution in [2.24, 2.45) is 0 Å². The Labute approximate surface area is 129 Å². The second kappa shape index (κ2) is 4.96. The summed E-state index contributed by atoms with van der Waals surface area (Å²) in [4.78, 5) is 10.9. The van der Waals surface area contributed by atoms with Gasteiger partial charge in [-0.2, -0.15) is 4.31 Å². The summed E-state index contributed by atoms with van der Waals surface area (Å²) in [7, 11) is -3.85. The maximum absolute atomic E-state index is 12.3. The molecule has 0 saturated carbocycles. The van der Waals surface area contributed by atoms with Crippen LogP contribution in [-0.2, 0) is 10.0 Å². The molecule has 1 fully saturated rings. The van der Waals surface area contributed by atoms with Gasteiger partial charge in [-0.25, -0.2) is 13.2 Å². The van der Waals surface area contributed by atoms with Crippen molar-refractivity contribution in [3.63, 3.8) is 0 Å². The first-order chi connectivity index (χ1) is 9.04. The van der Waals surface area contributed by atoms with E-state index in [1.165, 1.54) is 13.0 Å². The molecule has 0 aromatic heterocycles. The highest BCUT2D eigenvalue weighted by Gasteiger charge is 2.44. The van der Waals surface area contributed by atoms with Gasteiger partial charge in [0.15, 0.2) is 0 Å². The molecule has 0 radical (unpaired) electrons. The lowest BCUT2D eigenvalue weighted by Crippen LogP contribution is -2.61. The summed E-state index contributed by atoms with van der Waals surface area (Å²) in [5.41, 5.74) is -1.35. The molecule has 20 heavy (non-hydrogen) atoms. The van der Waals surface area contributed by atoms with Gasteiger partial charge in [0.1, 0.15) is 0 Å². The number of aromatic carboxylic acids is 1. The molecular weight excluding hydrogens is 374 g/mol. The molecule has 1 aliphatic heterocycles. The van der Waals surface area contributed by atoms with Crippen LogP contribution >= 0.6 is 27.5 Å². The highest BCUT2D eigenvalue weighted by atomic mass is 79.9. The third kappa shape index (κ3) is 2.71. The molecule has 0 spiro atoms. The molecule has 0 amide bonds. The average Bonchev–Trinajstić information content (AvgIpc) is 2.28. The zero-order chi connectivity index (χ0) is 15.3. The Morgan fingerprint density at radius 2 is 2.00 bits per heavy atom. The summed E-state index contributed by atoms with van der Waals surface area (Å²) in [6.45, 7) is 1.47. The third-order valence-electron chi connectivity index (χ3n) is 2.90. The van der Waals surface area contributed by atoms with E-state index in [-0.39, 0.29) is 33.0 Å². The highest BCUT2D eigenvalue weighted by Crippen LogP contribution is 2.33. The quantitative estimate of drug-likeness (QED) is 0.824. The summed E-state index contributed by atoms with van der Waals surface area (Å²) >= 11 is 8.85. The molecule has 1 aromatic carbocycles. The van der Waals surface area contributed by atoms with E-state index in [1.54, 1.807) is 0 Å². The van der Waals surface area contributed by atoms with Crippen molar-refractivity contribution < 1.29 is 23.4 Å². The Morgan fingerprint density at radius 3 is 2.45 bits per heavy atom. The van der Waals surface area contributed by atoms with Gasteiger partial charge in [-0.15, -0.1) is 0 Å². The predicted molar refractivity (Wildman–Crippen MR) is 75.5 cm³/mol. The fourth-order valence-corrected chi connectivity index (χ4v) is 4.43.